The maximum Gasteiger partial charge on any atom is 0.317 e. The Kier molecular flexibility index (Phi) is 3.22. The van der Waals surface area contributed by atoms with Crippen LogP contribution >= 0.6 is 0 Å². The molecule has 1 aromatic rings. The molecule has 0 aromatic heterocycles. The van der Waals surface area contributed by atoms with E-state index in [1.807, 2.05) is 4.90 Å². The SMILES string of the molecule is O=C(NC1CCC1)N1CCc2ccccc2CC1. The summed E-state index contributed by atoms with van der Waals surface area (Å²) < 4.78 is 0. The van der Waals surface area contributed by atoms with Crippen molar-refractivity contribution < 1.29 is 4.79 Å². The zero-order valence-electron chi connectivity index (χ0n) is 10.7. The molecule has 1 aliphatic heterocycles. The Balaban J connectivity index is 1.61. The number of nitrogens with zero attached hydrogens (tertiary/aromatic N) is 1. The predicted octanol–water partition coefficient (Wildman–Crippen LogP) is 2.35. The zero-order chi connectivity index (χ0) is 12.4. The smallest absolute Gasteiger partial charge is 0.317 e. The maximum absolute atomic E-state index is 12.1. The Morgan fingerprint density at radius 3 is 2.22 bits per heavy atom. The van der Waals surface area contributed by atoms with Gasteiger partial charge in [0.05, 0.1) is 0 Å². The highest BCUT2D eigenvalue weighted by atomic mass is 16.2. The lowest BCUT2D eigenvalue weighted by Crippen LogP contribution is -2.48. The van der Waals surface area contributed by atoms with Gasteiger partial charge in [0, 0.05) is 19.1 Å². The fourth-order valence-corrected chi connectivity index (χ4v) is 2.69. The lowest BCUT2D eigenvalue weighted by Gasteiger charge is -2.30. The third-order valence-electron chi connectivity index (χ3n) is 4.14. The highest BCUT2D eigenvalue weighted by Gasteiger charge is 2.23. The van der Waals surface area contributed by atoms with E-state index in [0.717, 1.165) is 38.8 Å². The Morgan fingerprint density at radius 1 is 1.11 bits per heavy atom. The first-order valence-electron chi connectivity index (χ1n) is 6.95. The Bertz CT molecular complexity index is 413. The van der Waals surface area contributed by atoms with Crippen molar-refractivity contribution in [3.8, 4) is 0 Å². The summed E-state index contributed by atoms with van der Waals surface area (Å²) in [4.78, 5) is 14.1. The van der Waals surface area contributed by atoms with Gasteiger partial charge in [-0.25, -0.2) is 4.79 Å². The quantitative estimate of drug-likeness (QED) is 0.808. The Labute approximate surface area is 108 Å². The van der Waals surface area contributed by atoms with Crippen LogP contribution in [0.4, 0.5) is 4.79 Å². The molecule has 0 saturated heterocycles. The Morgan fingerprint density at radius 2 is 1.72 bits per heavy atom. The molecule has 0 radical (unpaired) electrons. The number of benzene rings is 1. The van der Waals surface area contributed by atoms with Crippen LogP contribution in [-0.4, -0.2) is 30.1 Å². The van der Waals surface area contributed by atoms with E-state index in [0.29, 0.717) is 6.04 Å². The molecule has 1 fully saturated rings. The summed E-state index contributed by atoms with van der Waals surface area (Å²) in [6, 6.07) is 9.10. The van der Waals surface area contributed by atoms with E-state index in [-0.39, 0.29) is 6.03 Å². The van der Waals surface area contributed by atoms with Gasteiger partial charge < -0.3 is 10.2 Å². The highest BCUT2D eigenvalue weighted by molar-refractivity contribution is 5.74. The number of carbonyl (C=O) groups is 1. The molecule has 96 valence electrons. The standard InChI is InChI=1S/C15H20N2O/c18-15(16-14-6-3-7-14)17-10-8-12-4-1-2-5-13(12)9-11-17/h1-2,4-5,14H,3,6-11H2,(H,16,18). The van der Waals surface area contributed by atoms with Crippen LogP contribution in [-0.2, 0) is 12.8 Å². The molecule has 3 heteroatoms. The number of amides is 2. The number of carbonyl (C=O) groups excluding carboxylic acids is 1. The minimum atomic E-state index is 0.132. The van der Waals surface area contributed by atoms with E-state index in [1.165, 1.54) is 17.5 Å². The molecule has 3 rings (SSSR count). The average Bonchev–Trinajstić information content (AvgIpc) is 2.56. The molecular formula is C15H20N2O. The van der Waals surface area contributed by atoms with Crippen LogP contribution in [0.3, 0.4) is 0 Å². The highest BCUT2D eigenvalue weighted by Crippen LogP contribution is 2.19. The van der Waals surface area contributed by atoms with Crippen LogP contribution in [0.1, 0.15) is 30.4 Å². The van der Waals surface area contributed by atoms with Crippen LogP contribution in [0.5, 0.6) is 0 Å². The first kappa shape index (κ1) is 11.6. The van der Waals surface area contributed by atoms with Gasteiger partial charge in [0.25, 0.3) is 0 Å². The van der Waals surface area contributed by atoms with Crippen molar-refractivity contribution in [2.75, 3.05) is 13.1 Å². The van der Waals surface area contributed by atoms with Crippen molar-refractivity contribution >= 4 is 6.03 Å². The maximum atomic E-state index is 12.1. The van der Waals surface area contributed by atoms with Crippen molar-refractivity contribution in [2.24, 2.45) is 0 Å². The summed E-state index contributed by atoms with van der Waals surface area (Å²) in [7, 11) is 0. The molecule has 1 N–H and O–H groups in total. The minimum Gasteiger partial charge on any atom is -0.335 e. The second-order valence-electron chi connectivity index (χ2n) is 5.33. The number of nitrogens with one attached hydrogen (secondary N) is 1. The molecule has 1 saturated carbocycles. The molecule has 18 heavy (non-hydrogen) atoms. The van der Waals surface area contributed by atoms with Gasteiger partial charge in [-0.3, -0.25) is 0 Å². The second kappa shape index (κ2) is 5.01. The molecular weight excluding hydrogens is 224 g/mol. The molecule has 1 aliphatic carbocycles. The molecule has 2 aliphatic rings. The fourth-order valence-electron chi connectivity index (χ4n) is 2.69. The summed E-state index contributed by atoms with van der Waals surface area (Å²) in [5, 5.41) is 3.13. The molecule has 1 aromatic carbocycles. The van der Waals surface area contributed by atoms with E-state index in [2.05, 4.69) is 29.6 Å². The zero-order valence-corrected chi connectivity index (χ0v) is 10.7. The lowest BCUT2D eigenvalue weighted by atomic mass is 9.93. The molecule has 2 amide bonds. The number of rotatable bonds is 1. The molecule has 0 bridgehead atoms. The van der Waals surface area contributed by atoms with E-state index in [1.54, 1.807) is 0 Å². The summed E-state index contributed by atoms with van der Waals surface area (Å²) in [6.07, 6.45) is 5.53. The number of hydrogen-bond donors (Lipinski definition) is 1. The van der Waals surface area contributed by atoms with Gasteiger partial charge in [0.1, 0.15) is 0 Å². The van der Waals surface area contributed by atoms with Crippen molar-refractivity contribution in [3.05, 3.63) is 35.4 Å². The van der Waals surface area contributed by atoms with Gasteiger partial charge >= 0.3 is 6.03 Å². The van der Waals surface area contributed by atoms with Gasteiger partial charge in [-0.05, 0) is 43.2 Å². The van der Waals surface area contributed by atoms with Gasteiger partial charge in [-0.2, -0.15) is 0 Å². The fraction of sp³-hybridized carbons (Fsp3) is 0.533. The Hall–Kier alpha value is -1.51. The topological polar surface area (TPSA) is 32.3 Å². The molecule has 1 heterocycles. The largest absolute Gasteiger partial charge is 0.335 e. The van der Waals surface area contributed by atoms with Crippen molar-refractivity contribution in [1.82, 2.24) is 10.2 Å². The number of fused-ring (bicyclic) bond motifs is 1. The minimum absolute atomic E-state index is 0.132. The number of hydrogen-bond acceptors (Lipinski definition) is 1. The van der Waals surface area contributed by atoms with Crippen LogP contribution < -0.4 is 5.32 Å². The van der Waals surface area contributed by atoms with Gasteiger partial charge in [-0.15, -0.1) is 0 Å². The van der Waals surface area contributed by atoms with Gasteiger partial charge in [-0.1, -0.05) is 24.3 Å². The van der Waals surface area contributed by atoms with Crippen molar-refractivity contribution in [3.63, 3.8) is 0 Å². The summed E-state index contributed by atoms with van der Waals surface area (Å²) in [6.45, 7) is 1.69. The van der Waals surface area contributed by atoms with Gasteiger partial charge in [0.15, 0.2) is 0 Å². The third-order valence-corrected chi connectivity index (χ3v) is 4.14. The summed E-state index contributed by atoms with van der Waals surface area (Å²) >= 11 is 0. The van der Waals surface area contributed by atoms with Crippen LogP contribution in [0.15, 0.2) is 24.3 Å². The van der Waals surface area contributed by atoms with E-state index in [4.69, 9.17) is 0 Å². The third kappa shape index (κ3) is 2.35. The van der Waals surface area contributed by atoms with Gasteiger partial charge in [0.2, 0.25) is 0 Å². The molecule has 0 atom stereocenters. The van der Waals surface area contributed by atoms with Crippen molar-refractivity contribution in [1.29, 1.82) is 0 Å². The lowest BCUT2D eigenvalue weighted by molar-refractivity contribution is 0.188. The first-order chi connectivity index (χ1) is 8.83. The number of urea groups is 1. The predicted molar refractivity (Wildman–Crippen MR) is 71.6 cm³/mol. The molecule has 0 spiro atoms. The monoisotopic (exact) mass is 244 g/mol. The summed E-state index contributed by atoms with van der Waals surface area (Å²) in [5.41, 5.74) is 2.80. The van der Waals surface area contributed by atoms with E-state index in [9.17, 15) is 4.79 Å². The van der Waals surface area contributed by atoms with Crippen LogP contribution in [0, 0.1) is 0 Å². The van der Waals surface area contributed by atoms with Crippen molar-refractivity contribution in [2.45, 2.75) is 38.1 Å². The second-order valence-corrected chi connectivity index (χ2v) is 5.33. The molecule has 0 unspecified atom stereocenters. The van der Waals surface area contributed by atoms with E-state index < -0.39 is 0 Å². The van der Waals surface area contributed by atoms with Crippen LogP contribution in [0.2, 0.25) is 0 Å². The summed E-state index contributed by atoms with van der Waals surface area (Å²) in [5.74, 6) is 0. The van der Waals surface area contributed by atoms with E-state index >= 15 is 0 Å². The van der Waals surface area contributed by atoms with Crippen LogP contribution in [0.25, 0.3) is 0 Å². The molecule has 3 nitrogen and oxygen atoms in total. The average molecular weight is 244 g/mol. The first-order valence-corrected chi connectivity index (χ1v) is 6.95. The normalized spacial score (nSPS) is 19.7.